The highest BCUT2D eigenvalue weighted by Crippen LogP contribution is 2.27. The molecule has 1 saturated heterocycles. The number of hydrogen-bond acceptors (Lipinski definition) is 3. The third-order valence-corrected chi connectivity index (χ3v) is 3.31. The molecule has 2 unspecified atom stereocenters. The van der Waals surface area contributed by atoms with E-state index in [1.165, 1.54) is 4.90 Å². The molecule has 1 aliphatic rings. The molecule has 0 aromatic heterocycles. The van der Waals surface area contributed by atoms with Crippen molar-refractivity contribution in [2.24, 2.45) is 11.8 Å². The molecule has 0 aliphatic carbocycles. The molecular weight excluding hydrogens is 218 g/mol. The van der Waals surface area contributed by atoms with Gasteiger partial charge < -0.3 is 5.11 Å². The van der Waals surface area contributed by atoms with Gasteiger partial charge in [0.05, 0.1) is 6.54 Å². The summed E-state index contributed by atoms with van der Waals surface area (Å²) in [7, 11) is 0. The Bertz CT molecular complexity index is 449. The predicted molar refractivity (Wildman–Crippen MR) is 62.0 cm³/mol. The first kappa shape index (κ1) is 11.6. The van der Waals surface area contributed by atoms with Crippen LogP contribution in [0.3, 0.4) is 0 Å². The molecule has 4 nitrogen and oxygen atoms in total. The molecule has 4 heteroatoms. The molecule has 2 amide bonds. The number of hydrogen-bond donors (Lipinski definition) is 1. The Morgan fingerprint density at radius 3 is 2.29 bits per heavy atom. The number of phenolic OH excluding ortho intramolecular Hbond substituents is 1. The number of rotatable bonds is 2. The minimum Gasteiger partial charge on any atom is -0.508 e. The largest absolute Gasteiger partial charge is 0.508 e. The van der Waals surface area contributed by atoms with Gasteiger partial charge in [-0.1, -0.05) is 26.0 Å². The Morgan fingerprint density at radius 2 is 1.76 bits per heavy atom. The molecule has 1 aromatic rings. The summed E-state index contributed by atoms with van der Waals surface area (Å²) < 4.78 is 0. The highest BCUT2D eigenvalue weighted by Gasteiger charge is 2.41. The standard InChI is InChI=1S/C13H15NO3/c1-8-9(2)13(17)14(12(8)16)7-10-4-3-5-11(15)6-10/h3-6,8-9,15H,7H2,1-2H3. The molecular formula is C13H15NO3. The summed E-state index contributed by atoms with van der Waals surface area (Å²) >= 11 is 0. The van der Waals surface area contributed by atoms with Gasteiger partial charge in [-0.2, -0.15) is 0 Å². The lowest BCUT2D eigenvalue weighted by Crippen LogP contribution is -2.30. The summed E-state index contributed by atoms with van der Waals surface area (Å²) in [6, 6.07) is 6.60. The van der Waals surface area contributed by atoms with Gasteiger partial charge in [0.1, 0.15) is 5.75 Å². The Balaban J connectivity index is 2.20. The Labute approximate surface area is 99.9 Å². The van der Waals surface area contributed by atoms with E-state index in [1.54, 1.807) is 38.1 Å². The van der Waals surface area contributed by atoms with Gasteiger partial charge in [-0.25, -0.2) is 0 Å². The van der Waals surface area contributed by atoms with Gasteiger partial charge in [0.2, 0.25) is 11.8 Å². The third kappa shape index (κ3) is 2.02. The van der Waals surface area contributed by atoms with E-state index in [4.69, 9.17) is 0 Å². The number of likely N-dealkylation sites (tertiary alicyclic amines) is 1. The van der Waals surface area contributed by atoms with Crippen LogP contribution < -0.4 is 0 Å². The van der Waals surface area contributed by atoms with E-state index in [0.717, 1.165) is 5.56 Å². The molecule has 1 heterocycles. The maximum Gasteiger partial charge on any atom is 0.233 e. The van der Waals surface area contributed by atoms with Gasteiger partial charge in [0, 0.05) is 11.8 Å². The van der Waals surface area contributed by atoms with E-state index >= 15 is 0 Å². The number of carbonyl (C=O) groups excluding carboxylic acids is 2. The summed E-state index contributed by atoms with van der Waals surface area (Å²) in [4.78, 5) is 25.0. The molecule has 0 radical (unpaired) electrons. The maximum atomic E-state index is 11.9. The zero-order valence-electron chi connectivity index (χ0n) is 9.88. The number of imide groups is 1. The van der Waals surface area contributed by atoms with Gasteiger partial charge >= 0.3 is 0 Å². The number of aromatic hydroxyl groups is 1. The fraction of sp³-hybridized carbons (Fsp3) is 0.385. The average Bonchev–Trinajstić information content (AvgIpc) is 2.47. The summed E-state index contributed by atoms with van der Waals surface area (Å²) in [6.45, 7) is 3.78. The van der Waals surface area contributed by atoms with Crippen molar-refractivity contribution >= 4 is 11.8 Å². The summed E-state index contributed by atoms with van der Waals surface area (Å²) in [5.41, 5.74) is 0.757. The van der Waals surface area contributed by atoms with Crippen LogP contribution in [0.2, 0.25) is 0 Å². The molecule has 1 N–H and O–H groups in total. The fourth-order valence-corrected chi connectivity index (χ4v) is 2.02. The molecule has 90 valence electrons. The number of nitrogens with zero attached hydrogens (tertiary/aromatic N) is 1. The van der Waals surface area contributed by atoms with Crippen molar-refractivity contribution in [3.8, 4) is 5.75 Å². The van der Waals surface area contributed by atoms with Gasteiger partial charge in [-0.3, -0.25) is 14.5 Å². The lowest BCUT2D eigenvalue weighted by Gasteiger charge is -2.14. The quantitative estimate of drug-likeness (QED) is 0.788. The van der Waals surface area contributed by atoms with Crippen LogP contribution in [-0.2, 0) is 16.1 Å². The number of benzene rings is 1. The normalized spacial score (nSPS) is 24.5. The van der Waals surface area contributed by atoms with Crippen LogP contribution in [0.15, 0.2) is 24.3 Å². The first-order valence-corrected chi connectivity index (χ1v) is 5.64. The molecule has 17 heavy (non-hydrogen) atoms. The van der Waals surface area contributed by atoms with Crippen LogP contribution in [0.1, 0.15) is 19.4 Å². The zero-order valence-corrected chi connectivity index (χ0v) is 9.88. The molecule has 2 rings (SSSR count). The minimum absolute atomic E-state index is 0.133. The average molecular weight is 233 g/mol. The second kappa shape index (κ2) is 4.20. The monoisotopic (exact) mass is 233 g/mol. The minimum atomic E-state index is -0.250. The maximum absolute atomic E-state index is 11.9. The fourth-order valence-electron chi connectivity index (χ4n) is 2.02. The molecule has 1 fully saturated rings. The van der Waals surface area contributed by atoms with Crippen LogP contribution >= 0.6 is 0 Å². The zero-order chi connectivity index (χ0) is 12.6. The van der Waals surface area contributed by atoms with Crippen LogP contribution in [0, 0.1) is 11.8 Å². The Morgan fingerprint density at radius 1 is 1.18 bits per heavy atom. The van der Waals surface area contributed by atoms with Crippen molar-refractivity contribution in [3.05, 3.63) is 29.8 Å². The van der Waals surface area contributed by atoms with E-state index in [2.05, 4.69) is 0 Å². The van der Waals surface area contributed by atoms with E-state index in [0.29, 0.717) is 0 Å². The number of phenols is 1. The summed E-state index contributed by atoms with van der Waals surface area (Å²) in [6.07, 6.45) is 0. The highest BCUT2D eigenvalue weighted by molar-refractivity contribution is 6.04. The summed E-state index contributed by atoms with van der Waals surface area (Å²) in [5.74, 6) is -0.626. The van der Waals surface area contributed by atoms with Crippen molar-refractivity contribution in [1.82, 2.24) is 4.90 Å². The van der Waals surface area contributed by atoms with Crippen molar-refractivity contribution in [2.75, 3.05) is 0 Å². The molecule has 0 spiro atoms. The SMILES string of the molecule is CC1C(=O)N(Cc2cccc(O)c2)C(=O)C1C. The lowest BCUT2D eigenvalue weighted by atomic mass is 10.00. The first-order chi connectivity index (χ1) is 8.00. The molecule has 0 saturated carbocycles. The van der Waals surface area contributed by atoms with Crippen LogP contribution in [-0.4, -0.2) is 21.8 Å². The van der Waals surface area contributed by atoms with Gasteiger partial charge in [0.15, 0.2) is 0 Å². The van der Waals surface area contributed by atoms with Crippen LogP contribution in [0.4, 0.5) is 0 Å². The lowest BCUT2D eigenvalue weighted by molar-refractivity contribution is -0.140. The molecule has 2 atom stereocenters. The molecule has 1 aliphatic heterocycles. The van der Waals surface area contributed by atoms with Gasteiger partial charge in [-0.05, 0) is 17.7 Å². The second-order valence-corrected chi connectivity index (χ2v) is 4.51. The second-order valence-electron chi connectivity index (χ2n) is 4.51. The number of carbonyl (C=O) groups is 2. The summed E-state index contributed by atoms with van der Waals surface area (Å²) in [5, 5.41) is 9.33. The third-order valence-electron chi connectivity index (χ3n) is 3.31. The van der Waals surface area contributed by atoms with E-state index in [1.807, 2.05) is 0 Å². The van der Waals surface area contributed by atoms with Crippen molar-refractivity contribution in [1.29, 1.82) is 0 Å². The number of amides is 2. The van der Waals surface area contributed by atoms with E-state index in [-0.39, 0.29) is 35.9 Å². The van der Waals surface area contributed by atoms with Crippen LogP contribution in [0.25, 0.3) is 0 Å². The van der Waals surface area contributed by atoms with Crippen molar-refractivity contribution in [2.45, 2.75) is 20.4 Å². The van der Waals surface area contributed by atoms with Crippen molar-refractivity contribution < 1.29 is 14.7 Å². The smallest absolute Gasteiger partial charge is 0.233 e. The first-order valence-electron chi connectivity index (χ1n) is 5.64. The van der Waals surface area contributed by atoms with E-state index < -0.39 is 0 Å². The van der Waals surface area contributed by atoms with E-state index in [9.17, 15) is 14.7 Å². The molecule has 1 aromatic carbocycles. The van der Waals surface area contributed by atoms with Crippen molar-refractivity contribution in [3.63, 3.8) is 0 Å². The van der Waals surface area contributed by atoms with Crippen LogP contribution in [0.5, 0.6) is 5.75 Å². The van der Waals surface area contributed by atoms with Gasteiger partial charge in [0.25, 0.3) is 0 Å². The Kier molecular flexibility index (Phi) is 2.88. The Hall–Kier alpha value is -1.84. The highest BCUT2D eigenvalue weighted by atomic mass is 16.3. The van der Waals surface area contributed by atoms with Gasteiger partial charge in [-0.15, -0.1) is 0 Å². The predicted octanol–water partition coefficient (Wildman–Crippen LogP) is 1.53. The topological polar surface area (TPSA) is 57.6 Å². The molecule has 0 bridgehead atoms.